The molecule has 0 heterocycles. The van der Waals surface area contributed by atoms with Crippen LogP contribution in [0.4, 0.5) is 39.5 Å². The van der Waals surface area contributed by atoms with Crippen LogP contribution in [0.15, 0.2) is 41.2 Å². The fourth-order valence-electron chi connectivity index (χ4n) is 1.77. The molecule has 0 aliphatic heterocycles. The molecule has 0 fully saturated rings. The third-order valence-electron chi connectivity index (χ3n) is 3.12. The normalized spacial score (nSPS) is 16.4. The van der Waals surface area contributed by atoms with E-state index < -0.39 is 53.1 Å². The number of carbonyl (C=O) groups excluding carboxylic acids is 1. The van der Waals surface area contributed by atoms with Gasteiger partial charge < -0.3 is 9.90 Å². The van der Waals surface area contributed by atoms with E-state index in [9.17, 15) is 49.4 Å². The number of alkyl halides is 9. The molecule has 0 N–H and O–H groups in total. The molecule has 12 heteroatoms. The maximum absolute atomic E-state index is 13.7. The van der Waals surface area contributed by atoms with Crippen molar-refractivity contribution in [3.05, 3.63) is 41.2 Å². The summed E-state index contributed by atoms with van der Waals surface area (Å²) in [5.74, 6) is -21.7. The van der Waals surface area contributed by atoms with E-state index in [-0.39, 0.29) is 35.6 Å². The average molecular weight is 388 g/mol. The van der Waals surface area contributed by atoms with E-state index in [1.807, 2.05) is 0 Å². The van der Waals surface area contributed by atoms with Crippen molar-refractivity contribution in [1.82, 2.24) is 0 Å². The Kier molecular flexibility index (Phi) is 6.89. The Labute approximate surface area is 156 Å². The second kappa shape index (κ2) is 7.22. The van der Waals surface area contributed by atoms with Gasteiger partial charge in [0.25, 0.3) is 0 Å². The van der Waals surface area contributed by atoms with Crippen molar-refractivity contribution in [2.45, 2.75) is 30.4 Å². The van der Waals surface area contributed by atoms with Crippen LogP contribution < -0.4 is 34.7 Å². The Morgan fingerprint density at radius 1 is 1.00 bits per heavy atom. The summed E-state index contributed by atoms with van der Waals surface area (Å²) >= 11 is 0. The fraction of sp³-hybridized carbons (Fsp3) is 0.385. The molecule has 134 valence electrons. The van der Waals surface area contributed by atoms with Gasteiger partial charge >= 0.3 is 53.5 Å². The standard InChI is InChI=1S/C13H7F9O2.Na/c1-2-6-5-7(3-4-8(6)9(23)24)10(14,15)11(16,17)12(18,19)13(20,21)22;/h3-4H,1,5H2,(H,23,24);/q;+1/p-1. The van der Waals surface area contributed by atoms with Gasteiger partial charge in [-0.15, -0.1) is 5.73 Å². The van der Waals surface area contributed by atoms with Gasteiger partial charge in [0.1, 0.15) is 0 Å². The number of carboxylic acid groups (broad SMARTS) is 1. The molecule has 0 spiro atoms. The van der Waals surface area contributed by atoms with Crippen LogP contribution in [0.25, 0.3) is 0 Å². The molecule has 0 bridgehead atoms. The number of hydrogen-bond donors (Lipinski definition) is 0. The number of hydrogen-bond acceptors (Lipinski definition) is 2. The first-order valence-corrected chi connectivity index (χ1v) is 5.83. The molecule has 2 nitrogen and oxygen atoms in total. The van der Waals surface area contributed by atoms with Gasteiger partial charge in [0.15, 0.2) is 0 Å². The zero-order valence-electron chi connectivity index (χ0n) is 12.3. The van der Waals surface area contributed by atoms with E-state index in [2.05, 4.69) is 6.58 Å². The molecule has 0 atom stereocenters. The summed E-state index contributed by atoms with van der Waals surface area (Å²) in [5.41, 5.74) is -1.57. The second-order valence-electron chi connectivity index (χ2n) is 4.61. The number of halogens is 9. The van der Waals surface area contributed by atoms with Gasteiger partial charge in [0.05, 0.1) is 5.97 Å². The largest absolute Gasteiger partial charge is 1.00 e. The van der Waals surface area contributed by atoms with Crippen LogP contribution in [-0.4, -0.2) is 29.9 Å². The fourth-order valence-corrected chi connectivity index (χ4v) is 1.77. The van der Waals surface area contributed by atoms with Crippen molar-refractivity contribution in [3.8, 4) is 0 Å². The molecule has 0 aromatic carbocycles. The summed E-state index contributed by atoms with van der Waals surface area (Å²) in [6, 6.07) is 0. The Balaban J connectivity index is 0.00000576. The molecule has 25 heavy (non-hydrogen) atoms. The van der Waals surface area contributed by atoms with E-state index >= 15 is 0 Å². The van der Waals surface area contributed by atoms with Crippen molar-refractivity contribution >= 4 is 5.97 Å². The average Bonchev–Trinajstić information content (AvgIpc) is 2.44. The zero-order valence-corrected chi connectivity index (χ0v) is 14.3. The predicted octanol–water partition coefficient (Wildman–Crippen LogP) is 0.176. The molecule has 1 aliphatic rings. The zero-order chi connectivity index (χ0) is 19.1. The first-order chi connectivity index (χ1) is 10.6. The predicted molar refractivity (Wildman–Crippen MR) is 59.3 cm³/mol. The summed E-state index contributed by atoms with van der Waals surface area (Å²) in [5, 5.41) is 10.7. The van der Waals surface area contributed by atoms with Gasteiger partial charge in [0.2, 0.25) is 0 Å². The molecule has 0 aromatic rings. The smallest absolute Gasteiger partial charge is 0.545 e. The molecule has 0 aromatic heterocycles. The van der Waals surface area contributed by atoms with Gasteiger partial charge in [-0.05, 0) is 0 Å². The number of rotatable bonds is 4. The molecule has 1 aliphatic carbocycles. The maximum atomic E-state index is 13.7. The summed E-state index contributed by atoms with van der Waals surface area (Å²) in [6.45, 7) is 2.90. The first-order valence-electron chi connectivity index (χ1n) is 5.83. The second-order valence-corrected chi connectivity index (χ2v) is 4.61. The minimum absolute atomic E-state index is 0. The molecule has 0 radical (unpaired) electrons. The Morgan fingerprint density at radius 2 is 1.48 bits per heavy atom. The third-order valence-corrected chi connectivity index (χ3v) is 3.12. The van der Waals surface area contributed by atoms with Gasteiger partial charge in [-0.2, -0.15) is 39.5 Å². The Morgan fingerprint density at radius 3 is 1.84 bits per heavy atom. The van der Waals surface area contributed by atoms with Gasteiger partial charge in [-0.25, -0.2) is 0 Å². The Hall–Kier alpha value is -1.16. The number of carboxylic acids is 1. The molecule has 0 saturated carbocycles. The van der Waals surface area contributed by atoms with Crippen LogP contribution in [0.1, 0.15) is 6.42 Å². The van der Waals surface area contributed by atoms with Crippen molar-refractivity contribution in [1.29, 1.82) is 0 Å². The topological polar surface area (TPSA) is 40.1 Å². The van der Waals surface area contributed by atoms with Crippen LogP contribution in [0.2, 0.25) is 0 Å². The number of allylic oxidation sites excluding steroid dienone is 3. The number of aliphatic carboxylic acids is 1. The van der Waals surface area contributed by atoms with Crippen LogP contribution in [-0.2, 0) is 4.79 Å². The van der Waals surface area contributed by atoms with Crippen LogP contribution >= 0.6 is 0 Å². The first kappa shape index (κ1) is 23.8. The summed E-state index contributed by atoms with van der Waals surface area (Å²) in [7, 11) is 0. The molecule has 0 saturated heterocycles. The van der Waals surface area contributed by atoms with Gasteiger partial charge in [0, 0.05) is 23.1 Å². The van der Waals surface area contributed by atoms with E-state index in [1.165, 1.54) is 0 Å². The molecule has 1 rings (SSSR count). The summed E-state index contributed by atoms with van der Waals surface area (Å²) in [4.78, 5) is 10.7. The SMILES string of the molecule is C=C=C1CC(C(F)(F)C(F)(F)C(F)(F)C(F)(F)F)=CC=C1C(=O)[O-].[Na+]. The minimum atomic E-state index is -7.03. The van der Waals surface area contributed by atoms with Crippen LogP contribution in [0.3, 0.4) is 0 Å². The van der Waals surface area contributed by atoms with E-state index in [0.29, 0.717) is 6.08 Å². The quantitative estimate of drug-likeness (QED) is 0.392. The molecule has 0 amide bonds. The van der Waals surface area contributed by atoms with Gasteiger partial charge in [-0.1, -0.05) is 18.7 Å². The minimum Gasteiger partial charge on any atom is -0.545 e. The summed E-state index contributed by atoms with van der Waals surface area (Å²) in [6.07, 6.45) is -7.98. The molecular weight excluding hydrogens is 382 g/mol. The van der Waals surface area contributed by atoms with Crippen molar-refractivity contribution in [3.63, 3.8) is 0 Å². The van der Waals surface area contributed by atoms with E-state index in [4.69, 9.17) is 0 Å². The molecule has 0 unspecified atom stereocenters. The van der Waals surface area contributed by atoms with Crippen molar-refractivity contribution in [2.24, 2.45) is 0 Å². The Bertz CT molecular complexity index is 667. The van der Waals surface area contributed by atoms with Gasteiger partial charge in [-0.3, -0.25) is 0 Å². The van der Waals surface area contributed by atoms with E-state index in [1.54, 1.807) is 5.73 Å². The summed E-state index contributed by atoms with van der Waals surface area (Å²) < 4.78 is 116. The number of carbonyl (C=O) groups is 1. The molecular formula is C13H6F9NaO2. The van der Waals surface area contributed by atoms with E-state index in [0.717, 1.165) is 0 Å². The van der Waals surface area contributed by atoms with Crippen LogP contribution in [0.5, 0.6) is 0 Å². The monoisotopic (exact) mass is 388 g/mol. The van der Waals surface area contributed by atoms with Crippen LogP contribution in [0, 0.1) is 0 Å². The third kappa shape index (κ3) is 3.84. The van der Waals surface area contributed by atoms with Crippen molar-refractivity contribution < 1.29 is 79.0 Å². The van der Waals surface area contributed by atoms with Crippen molar-refractivity contribution in [2.75, 3.05) is 0 Å². The maximum Gasteiger partial charge on any atom is 1.00 e.